The van der Waals surface area contributed by atoms with Crippen LogP contribution in [0.5, 0.6) is 11.5 Å². The predicted octanol–water partition coefficient (Wildman–Crippen LogP) is 6.12. The third-order valence-electron chi connectivity index (χ3n) is 7.50. The molecule has 0 aliphatic heterocycles. The first kappa shape index (κ1) is 23.6. The molecule has 1 unspecified atom stereocenters. The Kier molecular flexibility index (Phi) is 7.23. The van der Waals surface area contributed by atoms with Crippen molar-refractivity contribution < 1.29 is 14.6 Å². The van der Waals surface area contributed by atoms with Crippen LogP contribution in [-0.2, 0) is 11.2 Å². The Morgan fingerprint density at radius 3 is 2.52 bits per heavy atom. The first-order chi connectivity index (χ1) is 16.0. The van der Waals surface area contributed by atoms with Crippen LogP contribution in [0.2, 0.25) is 0 Å². The molecular formula is C29H37NO3. The molecule has 2 aromatic rings. The van der Waals surface area contributed by atoms with Gasteiger partial charge in [0.25, 0.3) is 0 Å². The van der Waals surface area contributed by atoms with Crippen molar-refractivity contribution >= 4 is 16.9 Å². The highest BCUT2D eigenvalue weighted by atomic mass is 16.5. The van der Waals surface area contributed by atoms with E-state index in [0.29, 0.717) is 18.8 Å². The number of benzene rings is 2. The number of fused-ring (bicyclic) bond motifs is 3. The molecule has 0 bridgehead atoms. The molecule has 2 aromatic carbocycles. The van der Waals surface area contributed by atoms with Crippen molar-refractivity contribution in [2.24, 2.45) is 5.41 Å². The van der Waals surface area contributed by atoms with Crippen molar-refractivity contribution in [3.63, 3.8) is 0 Å². The van der Waals surface area contributed by atoms with Crippen molar-refractivity contribution in [1.82, 2.24) is 4.90 Å². The zero-order valence-electron chi connectivity index (χ0n) is 20.3. The molecule has 1 atom stereocenters. The number of unbranched alkanes of at least 4 members (excludes halogenated alkanes) is 1. The van der Waals surface area contributed by atoms with Crippen molar-refractivity contribution in [3.05, 3.63) is 59.2 Å². The maximum atomic E-state index is 13.3. The number of Topliss-reactive ketones (excluding diaryl/α,β-unsaturated/α-hetero) is 1. The van der Waals surface area contributed by atoms with Crippen LogP contribution >= 0.6 is 0 Å². The lowest BCUT2D eigenvalue weighted by Crippen LogP contribution is -2.28. The van der Waals surface area contributed by atoms with E-state index in [0.717, 1.165) is 74.2 Å². The summed E-state index contributed by atoms with van der Waals surface area (Å²) in [4.78, 5) is 15.6. The van der Waals surface area contributed by atoms with Crippen LogP contribution in [0.3, 0.4) is 0 Å². The first-order valence-corrected chi connectivity index (χ1v) is 12.6. The highest BCUT2D eigenvalue weighted by Crippen LogP contribution is 2.58. The van der Waals surface area contributed by atoms with Crippen LogP contribution in [0.15, 0.2) is 42.5 Å². The molecule has 0 fully saturated rings. The minimum Gasteiger partial charge on any atom is -0.508 e. The maximum Gasteiger partial charge on any atom is 0.163 e. The zero-order valence-corrected chi connectivity index (χ0v) is 20.3. The first-order valence-electron chi connectivity index (χ1n) is 12.6. The van der Waals surface area contributed by atoms with E-state index in [1.807, 2.05) is 36.4 Å². The van der Waals surface area contributed by atoms with Crippen LogP contribution in [0.25, 0.3) is 11.1 Å². The van der Waals surface area contributed by atoms with Gasteiger partial charge in [0.2, 0.25) is 0 Å². The second kappa shape index (κ2) is 10.1. The van der Waals surface area contributed by atoms with Gasteiger partial charge >= 0.3 is 0 Å². The summed E-state index contributed by atoms with van der Waals surface area (Å²) in [5.74, 6) is 1.37. The summed E-state index contributed by atoms with van der Waals surface area (Å²) in [6.45, 7) is 10.2. The van der Waals surface area contributed by atoms with Gasteiger partial charge in [0.1, 0.15) is 18.1 Å². The molecule has 2 aliphatic carbocycles. The van der Waals surface area contributed by atoms with Gasteiger partial charge in [-0.25, -0.2) is 0 Å². The molecular weight excluding hydrogens is 410 g/mol. The molecule has 2 aliphatic rings. The van der Waals surface area contributed by atoms with Gasteiger partial charge in [-0.15, -0.1) is 0 Å². The Balaban J connectivity index is 1.67. The van der Waals surface area contributed by atoms with Crippen LogP contribution in [0, 0.1) is 5.41 Å². The molecule has 1 N–H and O–H groups in total. The normalized spacial score (nSPS) is 19.7. The van der Waals surface area contributed by atoms with Gasteiger partial charge in [-0.2, -0.15) is 0 Å². The van der Waals surface area contributed by atoms with Gasteiger partial charge in [0, 0.05) is 24.0 Å². The average Bonchev–Trinajstić information content (AvgIpc) is 3.15. The minimum atomic E-state index is -0.00564. The molecule has 0 spiro atoms. The number of phenols is 1. The SMILES string of the molecule is CCCCC12CCC(=O)C(c3ccc(OCCN(CC)CC)cc3)=C1c1ccc(O)cc1C2. The summed E-state index contributed by atoms with van der Waals surface area (Å²) in [6.07, 6.45) is 5.76. The fourth-order valence-corrected chi connectivity index (χ4v) is 5.65. The number of aromatic hydroxyl groups is 1. The lowest BCUT2D eigenvalue weighted by Gasteiger charge is -2.36. The van der Waals surface area contributed by atoms with E-state index in [-0.39, 0.29) is 11.2 Å². The lowest BCUT2D eigenvalue weighted by atomic mass is 9.66. The van der Waals surface area contributed by atoms with Crippen molar-refractivity contribution in [2.45, 2.75) is 59.3 Å². The van der Waals surface area contributed by atoms with Crippen LogP contribution in [-0.4, -0.2) is 42.0 Å². The van der Waals surface area contributed by atoms with Crippen molar-refractivity contribution in [3.8, 4) is 11.5 Å². The molecule has 4 heteroatoms. The number of carbonyl (C=O) groups is 1. The van der Waals surface area contributed by atoms with E-state index in [4.69, 9.17) is 4.74 Å². The molecule has 4 nitrogen and oxygen atoms in total. The zero-order chi connectivity index (χ0) is 23.4. The number of hydrogen-bond acceptors (Lipinski definition) is 4. The number of carbonyl (C=O) groups excluding carboxylic acids is 1. The summed E-state index contributed by atoms with van der Waals surface area (Å²) in [6, 6.07) is 13.7. The molecule has 0 radical (unpaired) electrons. The summed E-state index contributed by atoms with van der Waals surface area (Å²) in [5, 5.41) is 10.1. The number of allylic oxidation sites excluding steroid dienone is 2. The molecule has 33 heavy (non-hydrogen) atoms. The molecule has 0 amide bonds. The summed E-state index contributed by atoms with van der Waals surface area (Å²) in [7, 11) is 0. The second-order valence-corrected chi connectivity index (χ2v) is 9.48. The van der Waals surface area contributed by atoms with Gasteiger partial charge in [0.05, 0.1) is 0 Å². The number of hydrogen-bond donors (Lipinski definition) is 1. The average molecular weight is 448 g/mol. The Hall–Kier alpha value is -2.59. The van der Waals surface area contributed by atoms with E-state index in [2.05, 4.69) is 25.7 Å². The number of rotatable bonds is 10. The summed E-state index contributed by atoms with van der Waals surface area (Å²) in [5.41, 5.74) is 5.37. The quantitative estimate of drug-likeness (QED) is 0.477. The Morgan fingerprint density at radius 1 is 1.06 bits per heavy atom. The van der Waals surface area contributed by atoms with E-state index >= 15 is 0 Å². The second-order valence-electron chi connectivity index (χ2n) is 9.48. The van der Waals surface area contributed by atoms with Gasteiger partial charge in [0.15, 0.2) is 5.78 Å². The Labute approximate surface area is 198 Å². The maximum absolute atomic E-state index is 13.3. The number of likely N-dealkylation sites (N-methyl/N-ethyl adjacent to an activating group) is 1. The van der Waals surface area contributed by atoms with Crippen LogP contribution in [0.1, 0.15) is 69.6 Å². The number of phenolic OH excluding ortho intramolecular Hbond substituents is 1. The third kappa shape index (κ3) is 4.72. The smallest absolute Gasteiger partial charge is 0.163 e. The summed E-state index contributed by atoms with van der Waals surface area (Å²) >= 11 is 0. The van der Waals surface area contributed by atoms with Crippen molar-refractivity contribution in [2.75, 3.05) is 26.2 Å². The fourth-order valence-electron chi connectivity index (χ4n) is 5.65. The predicted molar refractivity (Wildman–Crippen MR) is 135 cm³/mol. The van der Waals surface area contributed by atoms with E-state index in [9.17, 15) is 9.90 Å². The van der Waals surface area contributed by atoms with Crippen molar-refractivity contribution in [1.29, 1.82) is 0 Å². The summed E-state index contributed by atoms with van der Waals surface area (Å²) < 4.78 is 5.97. The van der Waals surface area contributed by atoms with Gasteiger partial charge < -0.3 is 14.7 Å². The molecule has 0 aromatic heterocycles. The monoisotopic (exact) mass is 447 g/mol. The fraction of sp³-hybridized carbons (Fsp3) is 0.483. The van der Waals surface area contributed by atoms with Crippen LogP contribution < -0.4 is 4.74 Å². The Morgan fingerprint density at radius 2 is 1.82 bits per heavy atom. The van der Waals surface area contributed by atoms with E-state index in [1.165, 1.54) is 11.1 Å². The molecule has 4 rings (SSSR count). The molecule has 0 heterocycles. The number of nitrogens with zero attached hydrogens (tertiary/aromatic N) is 1. The standard InChI is InChI=1S/C29H37NO3/c1-4-7-15-29-16-14-26(32)27(28(29)25-13-10-23(31)19-22(25)20-29)21-8-11-24(12-9-21)33-18-17-30(5-2)6-3/h8-13,19,31H,4-7,14-18,20H2,1-3H3. The highest BCUT2D eigenvalue weighted by Gasteiger charge is 2.46. The largest absolute Gasteiger partial charge is 0.508 e. The van der Waals surface area contributed by atoms with Gasteiger partial charge in [-0.1, -0.05) is 51.8 Å². The highest BCUT2D eigenvalue weighted by molar-refractivity contribution is 6.30. The van der Waals surface area contributed by atoms with Crippen LogP contribution in [0.4, 0.5) is 0 Å². The molecule has 0 saturated carbocycles. The Bertz CT molecular complexity index is 1020. The molecule has 0 saturated heterocycles. The number of ether oxygens (including phenoxy) is 1. The number of ketones is 1. The lowest BCUT2D eigenvalue weighted by molar-refractivity contribution is -0.114. The van der Waals surface area contributed by atoms with Gasteiger partial charge in [-0.3, -0.25) is 4.79 Å². The van der Waals surface area contributed by atoms with Gasteiger partial charge in [-0.05, 0) is 78.9 Å². The minimum absolute atomic E-state index is 0.00564. The third-order valence-corrected chi connectivity index (χ3v) is 7.50. The topological polar surface area (TPSA) is 49.8 Å². The van der Waals surface area contributed by atoms with E-state index in [1.54, 1.807) is 6.07 Å². The van der Waals surface area contributed by atoms with E-state index < -0.39 is 0 Å². The molecule has 176 valence electrons.